The van der Waals surface area contributed by atoms with Crippen molar-refractivity contribution in [3.8, 4) is 0 Å². The Morgan fingerprint density at radius 2 is 1.77 bits per heavy atom. The predicted molar refractivity (Wildman–Crippen MR) is 137 cm³/mol. The first-order valence-electron chi connectivity index (χ1n) is 11.3. The van der Waals surface area contributed by atoms with E-state index in [9.17, 15) is 14.0 Å². The number of hydrazone groups is 1. The lowest BCUT2D eigenvalue weighted by Crippen LogP contribution is -2.25. The number of rotatable bonds is 5. The van der Waals surface area contributed by atoms with E-state index in [1.54, 1.807) is 29.3 Å². The van der Waals surface area contributed by atoms with Crippen molar-refractivity contribution in [2.24, 2.45) is 10.1 Å². The minimum Gasteiger partial charge on any atom is -0.326 e. The Labute approximate surface area is 207 Å². The van der Waals surface area contributed by atoms with Crippen molar-refractivity contribution in [1.82, 2.24) is 5.01 Å². The van der Waals surface area contributed by atoms with Crippen molar-refractivity contribution in [3.63, 3.8) is 0 Å². The fourth-order valence-corrected chi connectivity index (χ4v) is 5.12. The van der Waals surface area contributed by atoms with Gasteiger partial charge in [-0.1, -0.05) is 71.9 Å². The summed E-state index contributed by atoms with van der Waals surface area (Å²) in [6.45, 7) is 2.03. The zero-order valence-electron chi connectivity index (χ0n) is 19.0. The predicted octanol–water partition coefficient (Wildman–Crippen LogP) is 5.31. The number of benzene rings is 3. The minimum absolute atomic E-state index is 0.00891. The number of para-hydroxylation sites is 1. The highest BCUT2D eigenvalue weighted by molar-refractivity contribution is 8.15. The molecule has 35 heavy (non-hydrogen) atoms. The Kier molecular flexibility index (Phi) is 6.46. The van der Waals surface area contributed by atoms with Gasteiger partial charge in [0.15, 0.2) is 5.17 Å². The van der Waals surface area contributed by atoms with E-state index in [0.717, 1.165) is 22.4 Å². The highest BCUT2D eigenvalue weighted by Crippen LogP contribution is 2.38. The van der Waals surface area contributed by atoms with E-state index in [2.05, 4.69) is 10.3 Å². The van der Waals surface area contributed by atoms with Crippen molar-refractivity contribution < 1.29 is 14.0 Å². The number of thioether (sulfide) groups is 1. The van der Waals surface area contributed by atoms with Crippen LogP contribution < -0.4 is 5.32 Å². The Hall–Kier alpha value is -3.78. The second kappa shape index (κ2) is 9.84. The molecule has 176 valence electrons. The molecule has 0 saturated heterocycles. The summed E-state index contributed by atoms with van der Waals surface area (Å²) < 4.78 is 13.6. The summed E-state index contributed by atoms with van der Waals surface area (Å²) >= 11 is 1.24. The van der Waals surface area contributed by atoms with Gasteiger partial charge in [0.05, 0.1) is 11.8 Å². The average Bonchev–Trinajstić information content (AvgIpc) is 3.45. The lowest BCUT2D eigenvalue weighted by Gasteiger charge is -2.23. The molecule has 0 aromatic heterocycles. The van der Waals surface area contributed by atoms with Crippen LogP contribution in [-0.2, 0) is 9.59 Å². The van der Waals surface area contributed by atoms with Gasteiger partial charge in [-0.3, -0.25) is 9.59 Å². The summed E-state index contributed by atoms with van der Waals surface area (Å²) in [6.07, 6.45) is 0.594. The second-order valence-electron chi connectivity index (χ2n) is 8.49. The lowest BCUT2D eigenvalue weighted by atomic mass is 9.98. The molecule has 2 aliphatic heterocycles. The second-order valence-corrected chi connectivity index (χ2v) is 9.66. The zero-order chi connectivity index (χ0) is 24.4. The van der Waals surface area contributed by atoms with Crippen LogP contribution in [0.4, 0.5) is 10.1 Å². The van der Waals surface area contributed by atoms with Crippen LogP contribution in [0.3, 0.4) is 0 Å². The molecule has 2 heterocycles. The van der Waals surface area contributed by atoms with Gasteiger partial charge in [-0.2, -0.15) is 10.1 Å². The normalized spacial score (nSPS) is 19.5. The lowest BCUT2D eigenvalue weighted by molar-refractivity contribution is -0.121. The highest BCUT2D eigenvalue weighted by atomic mass is 32.2. The van der Waals surface area contributed by atoms with Gasteiger partial charge in [0.25, 0.3) is 5.91 Å². The molecule has 3 aromatic carbocycles. The molecule has 8 heteroatoms. The first-order chi connectivity index (χ1) is 17.0. The molecule has 0 saturated carbocycles. The fraction of sp³-hybridized carbons (Fsp3) is 0.185. The number of amidine groups is 1. The van der Waals surface area contributed by atoms with Gasteiger partial charge in [-0.15, -0.1) is 0 Å². The van der Waals surface area contributed by atoms with Crippen molar-refractivity contribution in [2.75, 3.05) is 5.32 Å². The molecule has 2 atom stereocenters. The van der Waals surface area contributed by atoms with E-state index in [1.807, 2.05) is 49.4 Å². The number of anilines is 1. The summed E-state index contributed by atoms with van der Waals surface area (Å²) in [5.74, 6) is -0.922. The van der Waals surface area contributed by atoms with Crippen LogP contribution >= 0.6 is 11.8 Å². The summed E-state index contributed by atoms with van der Waals surface area (Å²) in [5, 5.41) is 9.19. The topological polar surface area (TPSA) is 74.1 Å². The number of hydrogen-bond acceptors (Lipinski definition) is 5. The molecule has 0 spiro atoms. The number of nitrogens with zero attached hydrogens (tertiary/aromatic N) is 3. The van der Waals surface area contributed by atoms with Gasteiger partial charge in [-0.25, -0.2) is 9.40 Å². The van der Waals surface area contributed by atoms with Crippen LogP contribution in [0.1, 0.15) is 35.6 Å². The fourth-order valence-electron chi connectivity index (χ4n) is 4.06. The quantitative estimate of drug-likeness (QED) is 0.530. The number of halogens is 1. The largest absolute Gasteiger partial charge is 0.326 e. The molecular formula is C27H23FN4O2S. The number of carbonyl (C=O) groups excluding carboxylic acids is 2. The van der Waals surface area contributed by atoms with Gasteiger partial charge in [0.1, 0.15) is 11.1 Å². The maximum atomic E-state index is 13.6. The summed E-state index contributed by atoms with van der Waals surface area (Å²) in [6, 6.07) is 23.3. The van der Waals surface area contributed by atoms with E-state index in [4.69, 9.17) is 5.10 Å². The number of nitrogens with one attached hydrogen (secondary N) is 1. The van der Waals surface area contributed by atoms with E-state index < -0.39 is 5.25 Å². The van der Waals surface area contributed by atoms with Crippen LogP contribution in [0.2, 0.25) is 0 Å². The minimum atomic E-state index is -0.624. The van der Waals surface area contributed by atoms with Crippen LogP contribution in [0.25, 0.3) is 0 Å². The van der Waals surface area contributed by atoms with E-state index in [0.29, 0.717) is 17.3 Å². The first kappa shape index (κ1) is 23.0. The number of aryl methyl sites for hydroxylation is 1. The molecular weight excluding hydrogens is 463 g/mol. The molecule has 0 radical (unpaired) electrons. The van der Waals surface area contributed by atoms with Crippen LogP contribution in [-0.4, -0.2) is 33.0 Å². The van der Waals surface area contributed by atoms with E-state index >= 15 is 0 Å². The third-order valence-electron chi connectivity index (χ3n) is 5.90. The van der Waals surface area contributed by atoms with Gasteiger partial charge < -0.3 is 5.32 Å². The van der Waals surface area contributed by atoms with Crippen LogP contribution in [0.15, 0.2) is 89.0 Å². The molecule has 0 fully saturated rings. The van der Waals surface area contributed by atoms with Crippen molar-refractivity contribution in [3.05, 3.63) is 101 Å². The molecule has 6 nitrogen and oxygen atoms in total. The number of hydrogen-bond donors (Lipinski definition) is 1. The van der Waals surface area contributed by atoms with Gasteiger partial charge >= 0.3 is 0 Å². The first-order valence-corrected chi connectivity index (χ1v) is 12.2. The zero-order valence-corrected chi connectivity index (χ0v) is 19.8. The smallest absolute Gasteiger partial charge is 0.262 e. The molecule has 0 bridgehead atoms. The van der Waals surface area contributed by atoms with Crippen LogP contribution in [0.5, 0.6) is 0 Å². The Bertz CT molecular complexity index is 1310. The molecule has 0 unspecified atom stereocenters. The SMILES string of the molecule is Cc1ccc(C2=NN(C3=NC(=O)[C@@H](CC(=O)Nc4ccccc4)S3)[C@@H](c3ccc(F)cc3)C2)cc1. The van der Waals surface area contributed by atoms with Crippen molar-refractivity contribution >= 4 is 40.1 Å². The molecule has 2 amide bonds. The van der Waals surface area contributed by atoms with Crippen molar-refractivity contribution in [2.45, 2.75) is 31.1 Å². The standard InChI is InChI=1S/C27H23FN4O2S/c1-17-7-9-18(10-8-17)22-15-23(19-11-13-20(28)14-12-19)32(31-22)27-30-26(34)24(35-27)16-25(33)29-21-5-3-2-4-6-21/h2-14,23-24H,15-16H2,1H3,(H,29,33)/t23-,24-/m1/s1. The van der Waals surface area contributed by atoms with Crippen LogP contribution in [0, 0.1) is 12.7 Å². The molecule has 5 rings (SSSR count). The van der Waals surface area contributed by atoms with Gasteiger partial charge in [-0.05, 0) is 42.3 Å². The Morgan fingerprint density at radius 3 is 2.49 bits per heavy atom. The van der Waals surface area contributed by atoms with Gasteiger partial charge in [0, 0.05) is 18.5 Å². The maximum Gasteiger partial charge on any atom is 0.262 e. The number of carbonyl (C=O) groups is 2. The Morgan fingerprint density at radius 1 is 1.06 bits per heavy atom. The number of aliphatic imine (C=N–C) groups is 1. The molecule has 1 N–H and O–H groups in total. The average molecular weight is 487 g/mol. The summed E-state index contributed by atoms with van der Waals surface area (Å²) in [4.78, 5) is 29.5. The summed E-state index contributed by atoms with van der Waals surface area (Å²) in [5.41, 5.74) is 4.55. The molecule has 2 aliphatic rings. The van der Waals surface area contributed by atoms with E-state index in [-0.39, 0.29) is 30.1 Å². The number of amides is 2. The van der Waals surface area contributed by atoms with Crippen molar-refractivity contribution in [1.29, 1.82) is 0 Å². The molecule has 3 aromatic rings. The maximum absolute atomic E-state index is 13.6. The molecule has 0 aliphatic carbocycles. The third kappa shape index (κ3) is 5.17. The van der Waals surface area contributed by atoms with E-state index in [1.165, 1.54) is 23.9 Å². The summed E-state index contributed by atoms with van der Waals surface area (Å²) in [7, 11) is 0. The Balaban J connectivity index is 1.36. The van der Waals surface area contributed by atoms with Gasteiger partial charge in [0.2, 0.25) is 5.91 Å². The monoisotopic (exact) mass is 486 g/mol. The third-order valence-corrected chi connectivity index (χ3v) is 7.05. The highest BCUT2D eigenvalue weighted by Gasteiger charge is 2.39.